The molecule has 0 spiro atoms. The Bertz CT molecular complexity index is 684. The fourth-order valence-corrected chi connectivity index (χ4v) is 2.20. The van der Waals surface area contributed by atoms with Gasteiger partial charge in [-0.05, 0) is 19.9 Å². The molecule has 0 amide bonds. The second-order valence-electron chi connectivity index (χ2n) is 4.10. The first-order valence-corrected chi connectivity index (χ1v) is 6.82. The van der Waals surface area contributed by atoms with E-state index in [2.05, 4.69) is 15.0 Å². The molecule has 2 aromatic heterocycles. The van der Waals surface area contributed by atoms with Crippen molar-refractivity contribution in [2.75, 3.05) is 12.3 Å². The summed E-state index contributed by atoms with van der Waals surface area (Å²) in [4.78, 5) is 24.2. The lowest BCUT2D eigenvalue weighted by molar-refractivity contribution is 0.0526. The molecular weight excluding hydrogens is 315 g/mol. The van der Waals surface area contributed by atoms with Crippen LogP contribution in [0.5, 0.6) is 0 Å². The van der Waals surface area contributed by atoms with Crippen LogP contribution in [0.3, 0.4) is 0 Å². The first kappa shape index (κ1) is 15.5. The average Bonchev–Trinajstić information content (AvgIpc) is 2.37. The quantitative estimate of drug-likeness (QED) is 0.872. The van der Waals surface area contributed by atoms with Gasteiger partial charge >= 0.3 is 5.97 Å². The molecule has 0 aliphatic heterocycles. The Kier molecular flexibility index (Phi) is 4.59. The second kappa shape index (κ2) is 6.24. The van der Waals surface area contributed by atoms with Crippen molar-refractivity contribution in [1.82, 2.24) is 15.0 Å². The number of pyridine rings is 1. The van der Waals surface area contributed by atoms with E-state index in [1.807, 2.05) is 0 Å². The average molecular weight is 327 g/mol. The number of esters is 1. The molecule has 6 nitrogen and oxygen atoms in total. The topological polar surface area (TPSA) is 91.0 Å². The van der Waals surface area contributed by atoms with Gasteiger partial charge in [-0.3, -0.25) is 0 Å². The number of halogens is 2. The zero-order valence-corrected chi connectivity index (χ0v) is 12.9. The predicted octanol–water partition coefficient (Wildman–Crippen LogP) is 2.91. The maximum absolute atomic E-state index is 11.8. The Morgan fingerprint density at radius 1 is 1.38 bits per heavy atom. The van der Waals surface area contributed by atoms with Gasteiger partial charge in [0.2, 0.25) is 0 Å². The zero-order chi connectivity index (χ0) is 15.6. The normalized spacial score (nSPS) is 10.5. The number of carbonyl (C=O) groups is 1. The third kappa shape index (κ3) is 3.22. The van der Waals surface area contributed by atoms with Gasteiger partial charge in [-0.25, -0.2) is 19.7 Å². The molecule has 0 unspecified atom stereocenters. The number of aryl methyl sites for hydroxylation is 1. The molecule has 0 saturated heterocycles. The van der Waals surface area contributed by atoms with Crippen molar-refractivity contribution in [2.24, 2.45) is 0 Å². The Morgan fingerprint density at radius 2 is 2.10 bits per heavy atom. The molecule has 0 aliphatic carbocycles. The highest BCUT2D eigenvalue weighted by molar-refractivity contribution is 6.35. The van der Waals surface area contributed by atoms with Gasteiger partial charge in [0.1, 0.15) is 17.1 Å². The first-order valence-electron chi connectivity index (χ1n) is 6.06. The minimum Gasteiger partial charge on any atom is -0.462 e. The Balaban J connectivity index is 2.51. The van der Waals surface area contributed by atoms with E-state index in [1.54, 1.807) is 13.8 Å². The van der Waals surface area contributed by atoms with Crippen molar-refractivity contribution >= 4 is 35.0 Å². The molecule has 0 radical (unpaired) electrons. The van der Waals surface area contributed by atoms with Crippen molar-refractivity contribution in [2.45, 2.75) is 13.8 Å². The van der Waals surface area contributed by atoms with Crippen LogP contribution in [0, 0.1) is 6.92 Å². The number of ether oxygens (including phenoxy) is 1. The molecule has 2 N–H and O–H groups in total. The van der Waals surface area contributed by atoms with E-state index in [0.717, 1.165) is 0 Å². The van der Waals surface area contributed by atoms with Crippen LogP contribution in [0.25, 0.3) is 11.5 Å². The van der Waals surface area contributed by atoms with E-state index < -0.39 is 5.97 Å². The van der Waals surface area contributed by atoms with Crippen molar-refractivity contribution < 1.29 is 9.53 Å². The lowest BCUT2D eigenvalue weighted by atomic mass is 10.2. The summed E-state index contributed by atoms with van der Waals surface area (Å²) in [6.45, 7) is 3.58. The van der Waals surface area contributed by atoms with Crippen LogP contribution in [-0.4, -0.2) is 27.5 Å². The minimum atomic E-state index is -0.561. The third-order valence-corrected chi connectivity index (χ3v) is 3.11. The maximum atomic E-state index is 11.8. The van der Waals surface area contributed by atoms with Crippen molar-refractivity contribution in [3.63, 3.8) is 0 Å². The van der Waals surface area contributed by atoms with E-state index in [1.165, 1.54) is 12.3 Å². The Hall–Kier alpha value is -1.92. The van der Waals surface area contributed by atoms with Crippen molar-refractivity contribution in [3.8, 4) is 11.5 Å². The van der Waals surface area contributed by atoms with Crippen LogP contribution in [0.2, 0.25) is 10.0 Å². The molecule has 0 fully saturated rings. The van der Waals surface area contributed by atoms with Crippen molar-refractivity contribution in [3.05, 3.63) is 33.6 Å². The van der Waals surface area contributed by atoms with Gasteiger partial charge in [0.25, 0.3) is 0 Å². The number of nitrogens with two attached hydrogens (primary N) is 1. The molecule has 0 atom stereocenters. The van der Waals surface area contributed by atoms with E-state index >= 15 is 0 Å². The molecule has 2 heterocycles. The maximum Gasteiger partial charge on any atom is 0.343 e. The predicted molar refractivity (Wildman–Crippen MR) is 80.4 cm³/mol. The summed E-state index contributed by atoms with van der Waals surface area (Å²) < 4.78 is 4.92. The van der Waals surface area contributed by atoms with Gasteiger partial charge in [0.05, 0.1) is 22.3 Å². The SMILES string of the molecule is CCOC(=O)c1c(C)nc(-c2ncc(Cl)cc2Cl)nc1N. The first-order chi connectivity index (χ1) is 9.93. The van der Waals surface area contributed by atoms with Crippen LogP contribution >= 0.6 is 23.2 Å². The number of rotatable bonds is 3. The Morgan fingerprint density at radius 3 is 2.67 bits per heavy atom. The second-order valence-corrected chi connectivity index (χ2v) is 4.94. The van der Waals surface area contributed by atoms with Crippen LogP contribution < -0.4 is 5.73 Å². The molecule has 2 rings (SSSR count). The molecule has 21 heavy (non-hydrogen) atoms. The smallest absolute Gasteiger partial charge is 0.343 e. The number of hydrogen-bond donors (Lipinski definition) is 1. The van der Waals surface area contributed by atoms with E-state index in [-0.39, 0.29) is 23.8 Å². The molecule has 0 aliphatic rings. The van der Waals surface area contributed by atoms with Gasteiger partial charge in [-0.15, -0.1) is 0 Å². The number of hydrogen-bond acceptors (Lipinski definition) is 6. The summed E-state index contributed by atoms with van der Waals surface area (Å²) in [5.74, 6) is -0.322. The summed E-state index contributed by atoms with van der Waals surface area (Å²) in [7, 11) is 0. The molecule has 2 aromatic rings. The summed E-state index contributed by atoms with van der Waals surface area (Å²) in [5, 5.41) is 0.696. The molecule has 0 aromatic carbocycles. The lowest BCUT2D eigenvalue weighted by Crippen LogP contribution is -2.14. The summed E-state index contributed by atoms with van der Waals surface area (Å²) in [6, 6.07) is 1.53. The van der Waals surface area contributed by atoms with Crippen molar-refractivity contribution in [1.29, 1.82) is 0 Å². The van der Waals surface area contributed by atoms with Crippen LogP contribution in [0.1, 0.15) is 23.0 Å². The van der Waals surface area contributed by atoms with Crippen LogP contribution in [0.4, 0.5) is 5.82 Å². The highest BCUT2D eigenvalue weighted by Crippen LogP contribution is 2.27. The number of anilines is 1. The molecule has 0 bridgehead atoms. The van der Waals surface area contributed by atoms with Gasteiger partial charge < -0.3 is 10.5 Å². The molecule has 0 saturated carbocycles. The fourth-order valence-electron chi connectivity index (χ4n) is 1.74. The highest BCUT2D eigenvalue weighted by atomic mass is 35.5. The monoisotopic (exact) mass is 326 g/mol. The Labute approximate surface area is 131 Å². The molecule has 110 valence electrons. The summed E-state index contributed by atoms with van der Waals surface area (Å²) in [6.07, 6.45) is 1.43. The number of carbonyl (C=O) groups excluding carboxylic acids is 1. The number of nitrogens with zero attached hydrogens (tertiary/aromatic N) is 3. The van der Waals surface area contributed by atoms with E-state index in [9.17, 15) is 4.79 Å². The highest BCUT2D eigenvalue weighted by Gasteiger charge is 2.20. The van der Waals surface area contributed by atoms with E-state index in [0.29, 0.717) is 21.4 Å². The minimum absolute atomic E-state index is 0.0174. The summed E-state index contributed by atoms with van der Waals surface area (Å²) in [5.41, 5.74) is 6.70. The molecule has 8 heteroatoms. The lowest BCUT2D eigenvalue weighted by Gasteiger charge is -2.10. The van der Waals surface area contributed by atoms with Gasteiger partial charge in [0.15, 0.2) is 5.82 Å². The number of nitrogen functional groups attached to an aromatic ring is 1. The van der Waals surface area contributed by atoms with Crippen LogP contribution in [-0.2, 0) is 4.74 Å². The largest absolute Gasteiger partial charge is 0.462 e. The fraction of sp³-hybridized carbons (Fsp3) is 0.231. The standard InChI is InChI=1S/C13H12Cl2N4O2/c1-3-21-13(20)9-6(2)18-12(19-11(9)16)10-8(15)4-7(14)5-17-10/h4-5H,3H2,1-2H3,(H2,16,18,19). The summed E-state index contributed by atoms with van der Waals surface area (Å²) >= 11 is 11.9. The molecular formula is C13H12Cl2N4O2. The van der Waals surface area contributed by atoms with Crippen LogP contribution in [0.15, 0.2) is 12.3 Å². The third-order valence-electron chi connectivity index (χ3n) is 2.62. The van der Waals surface area contributed by atoms with Gasteiger partial charge in [-0.2, -0.15) is 0 Å². The number of aromatic nitrogens is 3. The van der Waals surface area contributed by atoms with Gasteiger partial charge in [-0.1, -0.05) is 23.2 Å². The van der Waals surface area contributed by atoms with Gasteiger partial charge in [0, 0.05) is 6.20 Å². The zero-order valence-electron chi connectivity index (χ0n) is 11.4. The van der Waals surface area contributed by atoms with E-state index in [4.69, 9.17) is 33.7 Å².